The van der Waals surface area contributed by atoms with Gasteiger partial charge in [-0.05, 0) is 50.2 Å². The summed E-state index contributed by atoms with van der Waals surface area (Å²) in [5.41, 5.74) is 2.85. The molecule has 0 saturated heterocycles. The number of carbonyl (C=O) groups is 1. The lowest BCUT2D eigenvalue weighted by molar-refractivity contribution is -0.890. The van der Waals surface area contributed by atoms with Crippen LogP contribution in [-0.2, 0) is 4.79 Å². The molecule has 0 bridgehead atoms. The number of aryl methyl sites for hydroxylation is 1. The molecule has 0 aliphatic rings. The molecule has 8 heteroatoms. The lowest BCUT2D eigenvalue weighted by atomic mass is 10.2. The highest BCUT2D eigenvalue weighted by Gasteiger charge is 2.23. The SMILES string of the molecule is Cc1ccc(NC(=O)CSc2nnc([C@@H](C)[NH+](C)C)n2-c2ccc(Cl)cc2)cc1. The molecule has 3 aromatic rings. The third-order valence-corrected chi connectivity index (χ3v) is 5.85. The van der Waals surface area contributed by atoms with Crippen molar-refractivity contribution >= 4 is 35.0 Å². The lowest BCUT2D eigenvalue weighted by Gasteiger charge is -2.18. The fourth-order valence-electron chi connectivity index (χ4n) is 2.71. The monoisotopic (exact) mass is 430 g/mol. The van der Waals surface area contributed by atoms with Crippen LogP contribution in [0.3, 0.4) is 0 Å². The Morgan fingerprint density at radius 3 is 2.41 bits per heavy atom. The van der Waals surface area contributed by atoms with Gasteiger partial charge < -0.3 is 10.2 Å². The number of halogens is 1. The molecule has 0 spiro atoms. The smallest absolute Gasteiger partial charge is 0.234 e. The zero-order valence-corrected chi connectivity index (χ0v) is 18.5. The largest absolute Gasteiger partial charge is 0.331 e. The van der Waals surface area contributed by atoms with Crippen molar-refractivity contribution in [3.8, 4) is 5.69 Å². The molecule has 1 aromatic heterocycles. The number of benzene rings is 2. The summed E-state index contributed by atoms with van der Waals surface area (Å²) in [6.45, 7) is 4.11. The average molecular weight is 431 g/mol. The Bertz CT molecular complexity index is 970. The van der Waals surface area contributed by atoms with Crippen molar-refractivity contribution < 1.29 is 9.69 Å². The van der Waals surface area contributed by atoms with Crippen LogP contribution in [-0.4, -0.2) is 40.5 Å². The van der Waals surface area contributed by atoms with Crippen LogP contribution in [0.2, 0.25) is 5.02 Å². The summed E-state index contributed by atoms with van der Waals surface area (Å²) in [7, 11) is 4.15. The zero-order chi connectivity index (χ0) is 21.0. The number of aromatic nitrogens is 3. The third-order valence-electron chi connectivity index (χ3n) is 4.66. The molecule has 0 radical (unpaired) electrons. The molecule has 2 aromatic carbocycles. The van der Waals surface area contributed by atoms with Crippen LogP contribution >= 0.6 is 23.4 Å². The van der Waals surface area contributed by atoms with Crippen molar-refractivity contribution in [1.29, 1.82) is 0 Å². The van der Waals surface area contributed by atoms with Crippen LogP contribution in [0.4, 0.5) is 5.69 Å². The first kappa shape index (κ1) is 21.4. The predicted molar refractivity (Wildman–Crippen MR) is 118 cm³/mol. The molecule has 6 nitrogen and oxygen atoms in total. The maximum Gasteiger partial charge on any atom is 0.234 e. The minimum Gasteiger partial charge on any atom is -0.331 e. The Hall–Kier alpha value is -2.35. The zero-order valence-electron chi connectivity index (χ0n) is 16.9. The Morgan fingerprint density at radius 1 is 1.14 bits per heavy atom. The van der Waals surface area contributed by atoms with Crippen molar-refractivity contribution in [3.63, 3.8) is 0 Å². The molecule has 0 fully saturated rings. The normalized spacial score (nSPS) is 12.2. The molecule has 0 aliphatic carbocycles. The molecule has 2 N–H and O–H groups in total. The molecule has 3 rings (SSSR count). The van der Waals surface area contributed by atoms with Crippen molar-refractivity contribution in [2.24, 2.45) is 0 Å². The number of hydrogen-bond acceptors (Lipinski definition) is 4. The number of hydrogen-bond donors (Lipinski definition) is 2. The molecule has 1 heterocycles. The van der Waals surface area contributed by atoms with Crippen molar-refractivity contribution in [1.82, 2.24) is 14.8 Å². The molecule has 1 amide bonds. The molecular formula is C21H25ClN5OS+. The van der Waals surface area contributed by atoms with Crippen LogP contribution in [0.5, 0.6) is 0 Å². The Balaban J connectivity index is 1.80. The van der Waals surface area contributed by atoms with E-state index in [0.717, 1.165) is 22.8 Å². The van der Waals surface area contributed by atoms with Gasteiger partial charge in [-0.15, -0.1) is 10.2 Å². The van der Waals surface area contributed by atoms with Gasteiger partial charge in [0.25, 0.3) is 0 Å². The minimum absolute atomic E-state index is 0.0858. The van der Waals surface area contributed by atoms with E-state index in [-0.39, 0.29) is 17.7 Å². The van der Waals surface area contributed by atoms with E-state index in [9.17, 15) is 4.79 Å². The number of carbonyl (C=O) groups excluding carboxylic acids is 1. The van der Waals surface area contributed by atoms with Gasteiger partial charge in [0, 0.05) is 16.4 Å². The first-order chi connectivity index (χ1) is 13.8. The van der Waals surface area contributed by atoms with Gasteiger partial charge in [-0.25, -0.2) is 0 Å². The van der Waals surface area contributed by atoms with Gasteiger partial charge in [-0.3, -0.25) is 9.36 Å². The van der Waals surface area contributed by atoms with Crippen LogP contribution < -0.4 is 10.2 Å². The fourth-order valence-corrected chi connectivity index (χ4v) is 3.60. The number of quaternary nitrogens is 1. The second-order valence-corrected chi connectivity index (χ2v) is 8.53. The van der Waals surface area contributed by atoms with Gasteiger partial charge in [-0.1, -0.05) is 41.1 Å². The molecule has 0 saturated carbocycles. The Kier molecular flexibility index (Phi) is 6.95. The summed E-state index contributed by atoms with van der Waals surface area (Å²) >= 11 is 7.41. The van der Waals surface area contributed by atoms with Gasteiger partial charge in [0.15, 0.2) is 11.0 Å². The van der Waals surface area contributed by atoms with Gasteiger partial charge in [-0.2, -0.15) is 0 Å². The highest BCUT2D eigenvalue weighted by atomic mass is 35.5. The van der Waals surface area contributed by atoms with Crippen LogP contribution in [0.15, 0.2) is 53.7 Å². The van der Waals surface area contributed by atoms with E-state index in [4.69, 9.17) is 11.6 Å². The van der Waals surface area contributed by atoms with Crippen molar-refractivity contribution in [3.05, 3.63) is 64.9 Å². The summed E-state index contributed by atoms with van der Waals surface area (Å²) in [4.78, 5) is 13.6. The number of amides is 1. The van der Waals surface area contributed by atoms with E-state index < -0.39 is 0 Å². The maximum atomic E-state index is 12.4. The predicted octanol–water partition coefficient (Wildman–Crippen LogP) is 3.17. The quantitative estimate of drug-likeness (QED) is 0.565. The molecule has 0 unspecified atom stereocenters. The Morgan fingerprint density at radius 2 is 1.79 bits per heavy atom. The van der Waals surface area contributed by atoms with Gasteiger partial charge >= 0.3 is 0 Å². The second kappa shape index (κ2) is 9.43. The van der Waals surface area contributed by atoms with Crippen LogP contribution in [0, 0.1) is 6.92 Å². The summed E-state index contributed by atoms with van der Waals surface area (Å²) in [6.07, 6.45) is 0. The molecule has 29 heavy (non-hydrogen) atoms. The van der Waals surface area contributed by atoms with E-state index in [1.807, 2.05) is 60.0 Å². The molecule has 0 aliphatic heterocycles. The minimum atomic E-state index is -0.0858. The summed E-state index contributed by atoms with van der Waals surface area (Å²) in [5.74, 6) is 0.995. The first-order valence-corrected chi connectivity index (χ1v) is 10.7. The van der Waals surface area contributed by atoms with E-state index in [1.54, 1.807) is 0 Å². The van der Waals surface area contributed by atoms with Crippen LogP contribution in [0.25, 0.3) is 5.69 Å². The van der Waals surface area contributed by atoms with Gasteiger partial charge in [0.2, 0.25) is 5.91 Å². The standard InChI is InChI=1S/C21H24ClN5OS/c1-14-5-9-17(10-6-14)23-19(28)13-29-21-25-24-20(15(2)26(3)4)27(21)18-11-7-16(22)8-12-18/h5-12,15H,13H2,1-4H3,(H,23,28)/p+1/t15-/m1/s1. The fraction of sp³-hybridized carbons (Fsp3) is 0.286. The Labute approximate surface area is 180 Å². The van der Waals surface area contributed by atoms with E-state index >= 15 is 0 Å². The maximum absolute atomic E-state index is 12.4. The highest BCUT2D eigenvalue weighted by Crippen LogP contribution is 2.25. The number of nitrogens with one attached hydrogen (secondary N) is 2. The van der Waals surface area contributed by atoms with E-state index in [2.05, 4.69) is 36.5 Å². The topological polar surface area (TPSA) is 64.2 Å². The third kappa shape index (κ3) is 5.38. The number of rotatable bonds is 7. The van der Waals surface area contributed by atoms with Gasteiger partial charge in [0.05, 0.1) is 19.8 Å². The second-order valence-electron chi connectivity index (χ2n) is 7.15. The van der Waals surface area contributed by atoms with Crippen molar-refractivity contribution in [2.45, 2.75) is 25.0 Å². The van der Waals surface area contributed by atoms with Crippen molar-refractivity contribution in [2.75, 3.05) is 25.2 Å². The average Bonchev–Trinajstić information content (AvgIpc) is 3.12. The van der Waals surface area contributed by atoms with E-state index in [0.29, 0.717) is 10.2 Å². The van der Waals surface area contributed by atoms with E-state index in [1.165, 1.54) is 16.7 Å². The summed E-state index contributed by atoms with van der Waals surface area (Å²) < 4.78 is 2.00. The number of thioether (sulfide) groups is 1. The summed E-state index contributed by atoms with van der Waals surface area (Å²) in [5, 5.41) is 13.0. The lowest BCUT2D eigenvalue weighted by Crippen LogP contribution is -3.05. The molecular weight excluding hydrogens is 406 g/mol. The number of anilines is 1. The number of nitrogens with zero attached hydrogens (tertiary/aromatic N) is 3. The summed E-state index contributed by atoms with van der Waals surface area (Å²) in [6, 6.07) is 15.4. The van der Waals surface area contributed by atoms with Gasteiger partial charge in [0.1, 0.15) is 6.04 Å². The first-order valence-electron chi connectivity index (χ1n) is 9.35. The molecule has 1 atom stereocenters. The highest BCUT2D eigenvalue weighted by molar-refractivity contribution is 7.99. The molecule has 152 valence electrons. The van der Waals surface area contributed by atoms with Crippen LogP contribution in [0.1, 0.15) is 24.4 Å².